The van der Waals surface area contributed by atoms with E-state index in [1.54, 1.807) is 11.3 Å². The molecular formula is C22H25N3OS. The van der Waals surface area contributed by atoms with Crippen molar-refractivity contribution in [2.75, 3.05) is 31.1 Å². The van der Waals surface area contributed by atoms with E-state index in [9.17, 15) is 4.79 Å². The van der Waals surface area contributed by atoms with E-state index < -0.39 is 0 Å². The molecule has 1 saturated heterocycles. The average Bonchev–Trinajstić information content (AvgIpc) is 3.11. The van der Waals surface area contributed by atoms with Gasteiger partial charge in [0.1, 0.15) is 0 Å². The van der Waals surface area contributed by atoms with Crippen molar-refractivity contribution in [2.45, 2.75) is 26.2 Å². The third-order valence-corrected chi connectivity index (χ3v) is 6.30. The van der Waals surface area contributed by atoms with Crippen LogP contribution in [0.3, 0.4) is 0 Å². The van der Waals surface area contributed by atoms with Crippen molar-refractivity contribution in [1.82, 2.24) is 9.88 Å². The lowest BCUT2D eigenvalue weighted by molar-refractivity contribution is -0.131. The van der Waals surface area contributed by atoms with Gasteiger partial charge < -0.3 is 9.80 Å². The van der Waals surface area contributed by atoms with Crippen LogP contribution in [0.5, 0.6) is 0 Å². The zero-order chi connectivity index (χ0) is 18.6. The number of thiazole rings is 1. The minimum atomic E-state index is 0.278. The van der Waals surface area contributed by atoms with Gasteiger partial charge in [-0.2, -0.15) is 0 Å². The Morgan fingerprint density at radius 3 is 2.56 bits per heavy atom. The maximum Gasteiger partial charge on any atom is 0.222 e. The van der Waals surface area contributed by atoms with Gasteiger partial charge in [0.05, 0.1) is 15.2 Å². The normalized spacial score (nSPS) is 14.7. The third-order valence-electron chi connectivity index (χ3n) is 5.21. The van der Waals surface area contributed by atoms with Crippen LogP contribution in [0.25, 0.3) is 10.2 Å². The van der Waals surface area contributed by atoms with Gasteiger partial charge in [0.2, 0.25) is 5.91 Å². The number of amides is 1. The van der Waals surface area contributed by atoms with Gasteiger partial charge in [0.25, 0.3) is 0 Å². The van der Waals surface area contributed by atoms with Crippen LogP contribution in [0.1, 0.15) is 23.4 Å². The van der Waals surface area contributed by atoms with Gasteiger partial charge in [0, 0.05) is 38.3 Å². The molecule has 1 fully saturated rings. The Hall–Kier alpha value is -2.40. The predicted octanol–water partition coefficient (Wildman–Crippen LogP) is 4.28. The summed E-state index contributed by atoms with van der Waals surface area (Å²) >= 11 is 1.74. The van der Waals surface area contributed by atoms with E-state index in [1.165, 1.54) is 16.0 Å². The second kappa shape index (κ2) is 8.09. The van der Waals surface area contributed by atoms with Crippen LogP contribution in [-0.2, 0) is 11.2 Å². The molecule has 0 atom stereocenters. The average molecular weight is 380 g/mol. The molecule has 0 bridgehead atoms. The molecule has 4 rings (SSSR count). The molecule has 2 heterocycles. The Bertz CT molecular complexity index is 895. The van der Waals surface area contributed by atoms with Gasteiger partial charge in [-0.15, -0.1) is 11.3 Å². The molecule has 2 aromatic carbocycles. The van der Waals surface area contributed by atoms with Crippen molar-refractivity contribution in [1.29, 1.82) is 0 Å². The van der Waals surface area contributed by atoms with Crippen molar-refractivity contribution in [3.63, 3.8) is 0 Å². The Balaban J connectivity index is 1.25. The zero-order valence-electron chi connectivity index (χ0n) is 15.7. The van der Waals surface area contributed by atoms with Crippen LogP contribution >= 0.6 is 11.3 Å². The fourth-order valence-corrected chi connectivity index (χ4v) is 4.70. The van der Waals surface area contributed by atoms with Crippen LogP contribution in [0.15, 0.2) is 48.5 Å². The lowest BCUT2D eigenvalue weighted by Crippen LogP contribution is -2.49. The van der Waals surface area contributed by atoms with Crippen LogP contribution in [-0.4, -0.2) is 42.0 Å². The summed E-state index contributed by atoms with van der Waals surface area (Å²) in [6.07, 6.45) is 2.37. The molecular weight excluding hydrogens is 354 g/mol. The summed E-state index contributed by atoms with van der Waals surface area (Å²) in [6.45, 7) is 5.60. The molecule has 0 saturated carbocycles. The van der Waals surface area contributed by atoms with Crippen LogP contribution in [0, 0.1) is 6.92 Å². The van der Waals surface area contributed by atoms with Gasteiger partial charge >= 0.3 is 0 Å². The highest BCUT2D eigenvalue weighted by molar-refractivity contribution is 7.18. The van der Waals surface area contributed by atoms with E-state index in [4.69, 9.17) is 0 Å². The lowest BCUT2D eigenvalue weighted by atomic mass is 10.1. The number of hydrogen-bond acceptors (Lipinski definition) is 4. The monoisotopic (exact) mass is 379 g/mol. The fraction of sp³-hybridized carbons (Fsp3) is 0.364. The Labute approximate surface area is 164 Å². The first-order valence-electron chi connectivity index (χ1n) is 9.63. The number of rotatable bonds is 5. The van der Waals surface area contributed by atoms with Gasteiger partial charge in [-0.25, -0.2) is 4.98 Å². The van der Waals surface area contributed by atoms with E-state index in [0.717, 1.165) is 49.5 Å². The maximum atomic E-state index is 12.6. The highest BCUT2D eigenvalue weighted by Crippen LogP contribution is 2.23. The van der Waals surface area contributed by atoms with Crippen LogP contribution < -0.4 is 4.90 Å². The van der Waals surface area contributed by atoms with E-state index >= 15 is 0 Å². The van der Waals surface area contributed by atoms with E-state index in [0.29, 0.717) is 6.42 Å². The number of fused-ring (bicyclic) bond motifs is 1. The molecule has 1 aliphatic rings. The predicted molar refractivity (Wildman–Crippen MR) is 113 cm³/mol. The largest absolute Gasteiger partial charge is 0.368 e. The first-order valence-corrected chi connectivity index (χ1v) is 10.5. The number of piperazine rings is 1. The standard InChI is InChI=1S/C22H25N3OS/c1-17-7-2-4-9-19(17)24-13-15-25(16-14-24)22(26)12-6-11-21-23-18-8-3-5-10-20(18)27-21/h2-5,7-10H,6,11-16H2,1H3. The highest BCUT2D eigenvalue weighted by atomic mass is 32.1. The number of carbonyl (C=O) groups excluding carboxylic acids is 1. The molecule has 0 spiro atoms. The summed E-state index contributed by atoms with van der Waals surface area (Å²) in [4.78, 5) is 21.6. The quantitative estimate of drug-likeness (QED) is 0.664. The lowest BCUT2D eigenvalue weighted by Gasteiger charge is -2.36. The topological polar surface area (TPSA) is 36.4 Å². The van der Waals surface area contributed by atoms with Crippen molar-refractivity contribution in [3.05, 3.63) is 59.1 Å². The third kappa shape index (κ3) is 4.14. The second-order valence-corrected chi connectivity index (χ2v) is 8.20. The van der Waals surface area contributed by atoms with E-state index in [-0.39, 0.29) is 5.91 Å². The van der Waals surface area contributed by atoms with E-state index in [2.05, 4.69) is 53.2 Å². The van der Waals surface area contributed by atoms with Gasteiger partial charge in [-0.3, -0.25) is 4.79 Å². The van der Waals surface area contributed by atoms with Crippen LogP contribution in [0.4, 0.5) is 5.69 Å². The van der Waals surface area contributed by atoms with Crippen molar-refractivity contribution >= 4 is 33.1 Å². The number of aromatic nitrogens is 1. The SMILES string of the molecule is Cc1ccccc1N1CCN(C(=O)CCCc2nc3ccccc3s2)CC1. The number of benzene rings is 2. The van der Waals surface area contributed by atoms with Gasteiger partial charge in [0.15, 0.2) is 0 Å². The maximum absolute atomic E-state index is 12.6. The molecule has 1 aromatic heterocycles. The Morgan fingerprint density at radius 2 is 1.78 bits per heavy atom. The molecule has 0 unspecified atom stereocenters. The number of aryl methyl sites for hydroxylation is 2. The molecule has 0 N–H and O–H groups in total. The number of hydrogen-bond donors (Lipinski definition) is 0. The number of nitrogens with zero attached hydrogens (tertiary/aromatic N) is 3. The second-order valence-electron chi connectivity index (χ2n) is 7.08. The summed E-state index contributed by atoms with van der Waals surface area (Å²) in [7, 11) is 0. The Kier molecular flexibility index (Phi) is 5.39. The number of anilines is 1. The minimum Gasteiger partial charge on any atom is -0.368 e. The fourth-order valence-electron chi connectivity index (χ4n) is 3.69. The summed E-state index contributed by atoms with van der Waals surface area (Å²) in [5.74, 6) is 0.278. The van der Waals surface area contributed by atoms with Crippen molar-refractivity contribution < 1.29 is 4.79 Å². The molecule has 1 aliphatic heterocycles. The first-order chi connectivity index (χ1) is 13.2. The molecule has 4 nitrogen and oxygen atoms in total. The van der Waals surface area contributed by atoms with Gasteiger partial charge in [-0.1, -0.05) is 30.3 Å². The molecule has 3 aromatic rings. The first kappa shape index (κ1) is 18.0. The number of carbonyl (C=O) groups is 1. The summed E-state index contributed by atoms with van der Waals surface area (Å²) < 4.78 is 1.23. The molecule has 0 aliphatic carbocycles. The zero-order valence-corrected chi connectivity index (χ0v) is 16.5. The van der Waals surface area contributed by atoms with Crippen molar-refractivity contribution in [2.24, 2.45) is 0 Å². The van der Waals surface area contributed by atoms with Crippen molar-refractivity contribution in [3.8, 4) is 0 Å². The Morgan fingerprint density at radius 1 is 1.04 bits per heavy atom. The summed E-state index contributed by atoms with van der Waals surface area (Å²) in [6, 6.07) is 16.7. The van der Waals surface area contributed by atoms with Gasteiger partial charge in [-0.05, 0) is 43.5 Å². The highest BCUT2D eigenvalue weighted by Gasteiger charge is 2.21. The van der Waals surface area contributed by atoms with Crippen LogP contribution in [0.2, 0.25) is 0 Å². The molecule has 1 amide bonds. The minimum absolute atomic E-state index is 0.278. The molecule has 5 heteroatoms. The molecule has 27 heavy (non-hydrogen) atoms. The smallest absolute Gasteiger partial charge is 0.222 e. The molecule has 0 radical (unpaired) electrons. The summed E-state index contributed by atoms with van der Waals surface area (Å²) in [5, 5.41) is 1.13. The molecule has 140 valence electrons. The summed E-state index contributed by atoms with van der Waals surface area (Å²) in [5.41, 5.74) is 3.66. The number of para-hydroxylation sites is 2. The van der Waals surface area contributed by atoms with E-state index in [1.807, 2.05) is 17.0 Å².